The summed E-state index contributed by atoms with van der Waals surface area (Å²) in [7, 11) is 0. The van der Waals surface area contributed by atoms with E-state index in [0.717, 1.165) is 12.8 Å². The molecule has 0 saturated heterocycles. The molecule has 0 radical (unpaired) electrons. The first-order valence-electron chi connectivity index (χ1n) is 11.0. The highest BCUT2D eigenvalue weighted by Crippen LogP contribution is 2.24. The van der Waals surface area contributed by atoms with Gasteiger partial charge in [-0.15, -0.1) is 0 Å². The molecule has 8 heteroatoms. The third-order valence-electron chi connectivity index (χ3n) is 5.22. The maximum Gasteiger partial charge on any atom is 0.167 e. The lowest BCUT2D eigenvalue weighted by Gasteiger charge is -2.20. The number of nitrogens with zero attached hydrogens (tertiary/aromatic N) is 8. The molecule has 31 heavy (non-hydrogen) atoms. The van der Waals surface area contributed by atoms with Gasteiger partial charge < -0.3 is 0 Å². The summed E-state index contributed by atoms with van der Waals surface area (Å²) in [6.45, 7) is 14.9. The molecule has 0 amide bonds. The van der Waals surface area contributed by atoms with E-state index >= 15 is 0 Å². The molecule has 0 aromatic carbocycles. The third-order valence-corrected chi connectivity index (χ3v) is 5.22. The maximum atomic E-state index is 9.09. The van der Waals surface area contributed by atoms with Crippen molar-refractivity contribution in [3.63, 3.8) is 0 Å². The molecule has 0 heterocycles. The Bertz CT molecular complexity index is 756. The zero-order chi connectivity index (χ0) is 24.6. The first-order chi connectivity index (χ1) is 14.5. The monoisotopic (exact) mass is 426 g/mol. The zero-order valence-corrected chi connectivity index (χ0v) is 20.5. The Morgan fingerprint density at radius 2 is 0.871 bits per heavy atom. The van der Waals surface area contributed by atoms with Crippen molar-refractivity contribution in [1.29, 1.82) is 21.0 Å². The molecule has 0 spiro atoms. The van der Waals surface area contributed by atoms with Gasteiger partial charge >= 0.3 is 0 Å². The van der Waals surface area contributed by atoms with Gasteiger partial charge in [0.1, 0.15) is 0 Å². The number of azo groups is 2. The summed E-state index contributed by atoms with van der Waals surface area (Å²) in [6.07, 6.45) is 4.93. The van der Waals surface area contributed by atoms with Crippen molar-refractivity contribution in [3.05, 3.63) is 0 Å². The molecule has 0 aromatic heterocycles. The Morgan fingerprint density at radius 1 is 0.516 bits per heavy atom. The lowest BCUT2D eigenvalue weighted by Crippen LogP contribution is -2.25. The van der Waals surface area contributed by atoms with E-state index in [2.05, 4.69) is 44.7 Å². The molecule has 0 saturated carbocycles. The van der Waals surface area contributed by atoms with Crippen molar-refractivity contribution in [2.45, 2.75) is 122 Å². The van der Waals surface area contributed by atoms with Gasteiger partial charge in [-0.1, -0.05) is 47.5 Å². The minimum atomic E-state index is -0.800. The predicted molar refractivity (Wildman–Crippen MR) is 121 cm³/mol. The van der Waals surface area contributed by atoms with E-state index in [0.29, 0.717) is 32.1 Å². The van der Waals surface area contributed by atoms with Crippen LogP contribution in [0.3, 0.4) is 0 Å². The van der Waals surface area contributed by atoms with E-state index in [1.54, 1.807) is 20.8 Å². The number of rotatable bonds is 11. The van der Waals surface area contributed by atoms with Crippen LogP contribution in [0.1, 0.15) is 100 Å². The topological polar surface area (TPSA) is 145 Å². The fourth-order valence-corrected chi connectivity index (χ4v) is 2.40. The van der Waals surface area contributed by atoms with Crippen molar-refractivity contribution >= 4 is 0 Å². The summed E-state index contributed by atoms with van der Waals surface area (Å²) in [5, 5.41) is 52.2. The Balaban J connectivity index is 0. The van der Waals surface area contributed by atoms with Crippen molar-refractivity contribution in [2.24, 2.45) is 20.5 Å². The summed E-state index contributed by atoms with van der Waals surface area (Å²) in [6, 6.07) is 8.57. The fourth-order valence-electron chi connectivity index (χ4n) is 2.40. The SMILES string of the molecule is CCCC(C)(C#N)/N=N/C(C#N)(CC)CC.CCCC(C)(C#N)/N=N/C(C)(C#N)CC. The second-order valence-electron chi connectivity index (χ2n) is 8.26. The molecule has 0 rings (SSSR count). The molecular formula is C23H38N8. The largest absolute Gasteiger partial charge is 0.196 e. The highest BCUT2D eigenvalue weighted by Gasteiger charge is 2.29. The van der Waals surface area contributed by atoms with Gasteiger partial charge in [-0.25, -0.2) is 0 Å². The lowest BCUT2D eigenvalue weighted by molar-refractivity contribution is 0.429. The highest BCUT2D eigenvalue weighted by molar-refractivity contribution is 5.08. The van der Waals surface area contributed by atoms with Crippen LogP contribution in [-0.2, 0) is 0 Å². The summed E-state index contributed by atoms with van der Waals surface area (Å²) in [5.41, 5.74) is -3.14. The molecule has 0 fully saturated rings. The lowest BCUT2D eigenvalue weighted by atomic mass is 9.96. The van der Waals surface area contributed by atoms with Crippen LogP contribution in [0.4, 0.5) is 0 Å². The van der Waals surface area contributed by atoms with Crippen LogP contribution in [0, 0.1) is 45.3 Å². The molecule has 3 unspecified atom stereocenters. The normalized spacial score (nSPS) is 17.0. The first-order valence-corrected chi connectivity index (χ1v) is 11.0. The minimum Gasteiger partial charge on any atom is -0.196 e. The highest BCUT2D eigenvalue weighted by atomic mass is 15.2. The van der Waals surface area contributed by atoms with E-state index in [4.69, 9.17) is 21.0 Å². The van der Waals surface area contributed by atoms with E-state index in [-0.39, 0.29) is 0 Å². The molecule has 0 aliphatic carbocycles. The molecule has 8 nitrogen and oxygen atoms in total. The van der Waals surface area contributed by atoms with Crippen molar-refractivity contribution in [3.8, 4) is 24.3 Å². The van der Waals surface area contributed by atoms with Gasteiger partial charge in [-0.3, -0.25) is 0 Å². The maximum absolute atomic E-state index is 9.09. The summed E-state index contributed by atoms with van der Waals surface area (Å²) >= 11 is 0. The van der Waals surface area contributed by atoms with Gasteiger partial charge in [0.25, 0.3) is 0 Å². The van der Waals surface area contributed by atoms with Gasteiger partial charge in [0.05, 0.1) is 24.3 Å². The van der Waals surface area contributed by atoms with Crippen LogP contribution in [0.2, 0.25) is 0 Å². The van der Waals surface area contributed by atoms with Crippen molar-refractivity contribution < 1.29 is 0 Å². The number of nitriles is 4. The number of hydrogen-bond donors (Lipinski definition) is 0. The van der Waals surface area contributed by atoms with E-state index in [9.17, 15) is 0 Å². The van der Waals surface area contributed by atoms with E-state index in [1.165, 1.54) is 0 Å². The van der Waals surface area contributed by atoms with Gasteiger partial charge in [0, 0.05) is 0 Å². The fraction of sp³-hybridized carbons (Fsp3) is 0.826. The van der Waals surface area contributed by atoms with Gasteiger partial charge in [0.15, 0.2) is 22.2 Å². The van der Waals surface area contributed by atoms with E-state index < -0.39 is 22.2 Å². The average molecular weight is 427 g/mol. The Hall–Kier alpha value is -2.84. The summed E-state index contributed by atoms with van der Waals surface area (Å²) in [4.78, 5) is 0. The summed E-state index contributed by atoms with van der Waals surface area (Å²) < 4.78 is 0. The molecule has 0 aliphatic rings. The van der Waals surface area contributed by atoms with Crippen LogP contribution in [0.15, 0.2) is 20.5 Å². The minimum absolute atomic E-state index is 0.598. The Kier molecular flexibility index (Phi) is 13.9. The molecule has 3 atom stereocenters. The average Bonchev–Trinajstić information content (AvgIpc) is 2.79. The molecule has 0 bridgehead atoms. The Labute approximate surface area is 188 Å². The summed E-state index contributed by atoms with van der Waals surface area (Å²) in [5.74, 6) is 0. The van der Waals surface area contributed by atoms with Crippen LogP contribution >= 0.6 is 0 Å². The molecule has 170 valence electrons. The third kappa shape index (κ3) is 10.7. The Morgan fingerprint density at radius 3 is 1.13 bits per heavy atom. The standard InChI is InChI=1S/C12H20N4.C11H18N4/c1-5-8-11(4,9-13)15-16-12(6-2,7-3)10-14;1-5-7-11(4,9-13)15-14-10(3,6-2)8-12/h5-8H2,1-4H3;5-7H2,1-4H3/b16-15+;15-14+. The quantitative estimate of drug-likeness (QED) is 0.334. The second-order valence-corrected chi connectivity index (χ2v) is 8.26. The molecular weight excluding hydrogens is 388 g/mol. The van der Waals surface area contributed by atoms with Gasteiger partial charge in [0.2, 0.25) is 0 Å². The zero-order valence-electron chi connectivity index (χ0n) is 20.5. The van der Waals surface area contributed by atoms with Crippen LogP contribution in [0.5, 0.6) is 0 Å². The molecule has 0 aromatic rings. The van der Waals surface area contributed by atoms with Crippen molar-refractivity contribution in [1.82, 2.24) is 0 Å². The molecule has 0 aliphatic heterocycles. The first kappa shape index (κ1) is 30.4. The molecule has 0 N–H and O–H groups in total. The van der Waals surface area contributed by atoms with Crippen molar-refractivity contribution in [2.75, 3.05) is 0 Å². The van der Waals surface area contributed by atoms with Crippen LogP contribution < -0.4 is 0 Å². The van der Waals surface area contributed by atoms with Crippen LogP contribution in [0.25, 0.3) is 0 Å². The predicted octanol–water partition coefficient (Wildman–Crippen LogP) is 6.82. The van der Waals surface area contributed by atoms with Gasteiger partial charge in [-0.2, -0.15) is 41.5 Å². The smallest absolute Gasteiger partial charge is 0.167 e. The second kappa shape index (κ2) is 14.2. The van der Waals surface area contributed by atoms with Crippen LogP contribution in [-0.4, -0.2) is 22.2 Å². The van der Waals surface area contributed by atoms with Gasteiger partial charge in [-0.05, 0) is 52.9 Å². The van der Waals surface area contributed by atoms with E-state index in [1.807, 2.05) is 34.6 Å². The number of hydrogen-bond acceptors (Lipinski definition) is 8.